The standard InChI is InChI=1S/C24H24N2O4/c1-15(17-8-4-3-5-9-17)26-14-18(12-22(26)27)24(29)30-16(2)23(28)20-13-25-21-11-7-6-10-19(20)21/h3-11,13,15-16,18,25H,12,14H2,1-2H3/t15-,16-,18-/m0/s1. The Hall–Kier alpha value is -3.41. The molecule has 6 heteroatoms. The van der Waals surface area contributed by atoms with Crippen molar-refractivity contribution in [1.82, 2.24) is 9.88 Å². The number of hydrogen-bond donors (Lipinski definition) is 1. The molecule has 2 aromatic carbocycles. The Morgan fingerprint density at radius 1 is 1.07 bits per heavy atom. The van der Waals surface area contributed by atoms with Crippen molar-refractivity contribution in [3.05, 3.63) is 71.9 Å². The fourth-order valence-corrected chi connectivity index (χ4v) is 3.99. The molecule has 6 nitrogen and oxygen atoms in total. The second-order valence-electron chi connectivity index (χ2n) is 7.73. The third-order valence-corrected chi connectivity index (χ3v) is 5.76. The van der Waals surface area contributed by atoms with E-state index in [0.717, 1.165) is 16.5 Å². The van der Waals surface area contributed by atoms with Crippen molar-refractivity contribution in [3.8, 4) is 0 Å². The van der Waals surface area contributed by atoms with Crippen LogP contribution in [0.1, 0.15) is 42.2 Å². The third kappa shape index (κ3) is 3.73. The van der Waals surface area contributed by atoms with Crippen molar-refractivity contribution < 1.29 is 19.1 Å². The molecule has 1 fully saturated rings. The monoisotopic (exact) mass is 404 g/mol. The van der Waals surface area contributed by atoms with Gasteiger partial charge in [0.25, 0.3) is 0 Å². The van der Waals surface area contributed by atoms with Crippen LogP contribution in [0.5, 0.6) is 0 Å². The fourth-order valence-electron chi connectivity index (χ4n) is 3.99. The molecule has 0 radical (unpaired) electrons. The van der Waals surface area contributed by atoms with Gasteiger partial charge in [-0.1, -0.05) is 48.5 Å². The highest BCUT2D eigenvalue weighted by Gasteiger charge is 2.39. The first kappa shape index (κ1) is 19.9. The summed E-state index contributed by atoms with van der Waals surface area (Å²) in [4.78, 5) is 42.8. The second-order valence-corrected chi connectivity index (χ2v) is 7.73. The molecule has 30 heavy (non-hydrogen) atoms. The number of rotatable bonds is 6. The summed E-state index contributed by atoms with van der Waals surface area (Å²) in [7, 11) is 0. The summed E-state index contributed by atoms with van der Waals surface area (Å²) in [6, 6.07) is 17.1. The number of aromatic nitrogens is 1. The number of fused-ring (bicyclic) bond motifs is 1. The lowest BCUT2D eigenvalue weighted by molar-refractivity contribution is -0.151. The predicted molar refractivity (Wildman–Crippen MR) is 113 cm³/mol. The number of nitrogens with zero attached hydrogens (tertiary/aromatic N) is 1. The number of ketones is 1. The van der Waals surface area contributed by atoms with Crippen LogP contribution in [0, 0.1) is 5.92 Å². The lowest BCUT2D eigenvalue weighted by Gasteiger charge is -2.25. The number of ether oxygens (including phenoxy) is 1. The molecule has 0 bridgehead atoms. The number of hydrogen-bond acceptors (Lipinski definition) is 4. The van der Waals surface area contributed by atoms with E-state index in [-0.39, 0.29) is 24.2 Å². The molecule has 154 valence electrons. The van der Waals surface area contributed by atoms with Crippen molar-refractivity contribution >= 4 is 28.6 Å². The molecule has 2 heterocycles. The first-order valence-electron chi connectivity index (χ1n) is 10.1. The largest absolute Gasteiger partial charge is 0.454 e. The zero-order chi connectivity index (χ0) is 21.3. The van der Waals surface area contributed by atoms with Crippen LogP contribution in [0.15, 0.2) is 60.8 Å². The SMILES string of the molecule is C[C@H](OC(=O)[C@H]1CC(=O)N([C@@H](C)c2ccccc2)C1)C(=O)c1c[nH]c2ccccc12. The molecule has 1 aliphatic heterocycles. The maximum Gasteiger partial charge on any atom is 0.311 e. The van der Waals surface area contributed by atoms with Crippen LogP contribution in [0.3, 0.4) is 0 Å². The van der Waals surface area contributed by atoms with Crippen LogP contribution >= 0.6 is 0 Å². The average Bonchev–Trinajstić information content (AvgIpc) is 3.37. The van der Waals surface area contributed by atoms with Crippen LogP contribution in [-0.2, 0) is 14.3 Å². The highest BCUT2D eigenvalue weighted by Crippen LogP contribution is 2.29. The number of H-pyrrole nitrogens is 1. The number of esters is 1. The van der Waals surface area contributed by atoms with Crippen molar-refractivity contribution in [2.24, 2.45) is 5.92 Å². The molecule has 0 spiro atoms. The van der Waals surface area contributed by atoms with Crippen LogP contribution in [0.25, 0.3) is 10.9 Å². The molecule has 1 N–H and O–H groups in total. The molecule has 4 rings (SSSR count). The quantitative estimate of drug-likeness (QED) is 0.499. The molecule has 1 amide bonds. The Labute approximate surface area is 174 Å². The van der Waals surface area contributed by atoms with E-state index in [0.29, 0.717) is 12.1 Å². The summed E-state index contributed by atoms with van der Waals surface area (Å²) < 4.78 is 5.47. The van der Waals surface area contributed by atoms with Crippen LogP contribution in [0.2, 0.25) is 0 Å². The number of nitrogens with one attached hydrogen (secondary N) is 1. The van der Waals surface area contributed by atoms with Gasteiger partial charge in [0, 0.05) is 35.6 Å². The normalized spacial score (nSPS) is 18.4. The van der Waals surface area contributed by atoms with Gasteiger partial charge in [0.05, 0.1) is 12.0 Å². The minimum Gasteiger partial charge on any atom is -0.454 e. The number of aromatic amines is 1. The van der Waals surface area contributed by atoms with E-state index in [2.05, 4.69) is 4.98 Å². The van der Waals surface area contributed by atoms with Gasteiger partial charge in [-0.25, -0.2) is 0 Å². The molecule has 3 atom stereocenters. The van der Waals surface area contributed by atoms with Crippen molar-refractivity contribution in [2.45, 2.75) is 32.4 Å². The number of carbonyl (C=O) groups is 3. The molecule has 1 aromatic heterocycles. The topological polar surface area (TPSA) is 79.5 Å². The van der Waals surface area contributed by atoms with E-state index < -0.39 is 18.0 Å². The summed E-state index contributed by atoms with van der Waals surface area (Å²) in [5, 5.41) is 0.796. The van der Waals surface area contributed by atoms with Gasteiger partial charge in [-0.2, -0.15) is 0 Å². The van der Waals surface area contributed by atoms with Crippen molar-refractivity contribution in [3.63, 3.8) is 0 Å². The smallest absolute Gasteiger partial charge is 0.311 e. The van der Waals surface area contributed by atoms with Gasteiger partial charge < -0.3 is 14.6 Å². The van der Waals surface area contributed by atoms with E-state index in [1.165, 1.54) is 0 Å². The van der Waals surface area contributed by atoms with Gasteiger partial charge >= 0.3 is 5.97 Å². The Morgan fingerprint density at radius 2 is 1.77 bits per heavy atom. The van der Waals surface area contributed by atoms with Gasteiger partial charge in [-0.3, -0.25) is 14.4 Å². The lowest BCUT2D eigenvalue weighted by atomic mass is 10.1. The molecular weight excluding hydrogens is 380 g/mol. The first-order valence-corrected chi connectivity index (χ1v) is 10.1. The summed E-state index contributed by atoms with van der Waals surface area (Å²) in [5.41, 5.74) is 2.36. The van der Waals surface area contributed by atoms with E-state index in [4.69, 9.17) is 4.74 Å². The van der Waals surface area contributed by atoms with Gasteiger partial charge in [0.2, 0.25) is 11.7 Å². The molecule has 1 aliphatic rings. The molecule has 0 saturated carbocycles. The molecule has 0 aliphatic carbocycles. The van der Waals surface area contributed by atoms with E-state index in [1.807, 2.05) is 61.5 Å². The lowest BCUT2D eigenvalue weighted by Crippen LogP contribution is -2.31. The summed E-state index contributed by atoms with van der Waals surface area (Å²) in [5.74, 6) is -1.42. The molecule has 3 aromatic rings. The van der Waals surface area contributed by atoms with E-state index >= 15 is 0 Å². The highest BCUT2D eigenvalue weighted by atomic mass is 16.5. The average molecular weight is 404 g/mol. The summed E-state index contributed by atoms with van der Waals surface area (Å²) >= 11 is 0. The van der Waals surface area contributed by atoms with E-state index in [9.17, 15) is 14.4 Å². The molecule has 0 unspecified atom stereocenters. The van der Waals surface area contributed by atoms with E-state index in [1.54, 1.807) is 18.0 Å². The van der Waals surface area contributed by atoms with Crippen LogP contribution < -0.4 is 0 Å². The Kier molecular flexibility index (Phi) is 5.40. The molecular formula is C24H24N2O4. The van der Waals surface area contributed by atoms with Crippen molar-refractivity contribution in [2.75, 3.05) is 6.54 Å². The Bertz CT molecular complexity index is 1090. The predicted octanol–water partition coefficient (Wildman–Crippen LogP) is 3.89. The fraction of sp³-hybridized carbons (Fsp3) is 0.292. The summed E-state index contributed by atoms with van der Waals surface area (Å²) in [6.45, 7) is 3.81. The second kappa shape index (κ2) is 8.14. The van der Waals surface area contributed by atoms with Crippen molar-refractivity contribution in [1.29, 1.82) is 0 Å². The van der Waals surface area contributed by atoms with Crippen LogP contribution in [0.4, 0.5) is 0 Å². The van der Waals surface area contributed by atoms with Gasteiger partial charge in [-0.05, 0) is 25.5 Å². The Balaban J connectivity index is 1.41. The summed E-state index contributed by atoms with van der Waals surface area (Å²) in [6.07, 6.45) is 0.816. The molecule has 1 saturated heterocycles. The maximum absolute atomic E-state index is 12.8. The highest BCUT2D eigenvalue weighted by molar-refractivity contribution is 6.10. The maximum atomic E-state index is 12.8. The Morgan fingerprint density at radius 3 is 2.53 bits per heavy atom. The van der Waals surface area contributed by atoms with Gasteiger partial charge in [0.15, 0.2) is 6.10 Å². The van der Waals surface area contributed by atoms with Crippen LogP contribution in [-0.4, -0.2) is 40.2 Å². The minimum absolute atomic E-state index is 0.0797. The third-order valence-electron chi connectivity index (χ3n) is 5.76. The number of para-hydroxylation sites is 1. The van der Waals surface area contributed by atoms with Gasteiger partial charge in [0.1, 0.15) is 0 Å². The number of benzene rings is 2. The zero-order valence-corrected chi connectivity index (χ0v) is 17.0. The first-order chi connectivity index (χ1) is 14.5. The van der Waals surface area contributed by atoms with Gasteiger partial charge in [-0.15, -0.1) is 0 Å². The number of carbonyl (C=O) groups excluding carboxylic acids is 3. The zero-order valence-electron chi connectivity index (χ0n) is 17.0. The minimum atomic E-state index is -0.924. The number of Topliss-reactive ketones (excluding diaryl/α,β-unsaturated/α-hetero) is 1. The number of likely N-dealkylation sites (tertiary alicyclic amines) is 1. The number of amides is 1.